The average molecular weight is 220 g/mol. The molecule has 1 aliphatic carbocycles. The van der Waals surface area contributed by atoms with Crippen LogP contribution in [0.15, 0.2) is 9.98 Å². The van der Waals surface area contributed by atoms with Gasteiger partial charge in [-0.3, -0.25) is 4.79 Å². The van der Waals surface area contributed by atoms with Gasteiger partial charge in [-0.2, -0.15) is 4.99 Å². The molecular formula is C11H12N2OS. The van der Waals surface area contributed by atoms with E-state index in [9.17, 15) is 4.79 Å². The van der Waals surface area contributed by atoms with E-state index >= 15 is 0 Å². The van der Waals surface area contributed by atoms with Crippen molar-refractivity contribution >= 4 is 28.5 Å². The van der Waals surface area contributed by atoms with Crippen molar-refractivity contribution in [1.82, 2.24) is 0 Å². The second-order valence-electron chi connectivity index (χ2n) is 3.63. The van der Waals surface area contributed by atoms with Crippen molar-refractivity contribution in [3.05, 3.63) is 0 Å². The summed E-state index contributed by atoms with van der Waals surface area (Å²) in [6, 6.07) is 0. The molecule has 0 spiro atoms. The second kappa shape index (κ2) is 4.63. The van der Waals surface area contributed by atoms with E-state index in [4.69, 9.17) is 6.42 Å². The predicted octanol–water partition coefficient (Wildman–Crippen LogP) is 1.88. The molecule has 1 heterocycles. The van der Waals surface area contributed by atoms with Gasteiger partial charge in [0.2, 0.25) is 0 Å². The highest BCUT2D eigenvalue weighted by Gasteiger charge is 2.30. The summed E-state index contributed by atoms with van der Waals surface area (Å²) in [5.74, 6) is 2.96. The lowest BCUT2D eigenvalue weighted by Crippen LogP contribution is -2.30. The molecule has 1 aliphatic heterocycles. The molecule has 1 unspecified atom stereocenters. The molecule has 1 amide bonds. The Hall–Kier alpha value is -1.08. The maximum atomic E-state index is 11.7. The molecule has 4 heteroatoms. The Kier molecular flexibility index (Phi) is 3.22. The summed E-state index contributed by atoms with van der Waals surface area (Å²) >= 11 is 1.36. The lowest BCUT2D eigenvalue weighted by atomic mass is 9.86. The normalized spacial score (nSPS) is 25.0. The van der Waals surface area contributed by atoms with Crippen LogP contribution in [-0.2, 0) is 4.79 Å². The predicted molar refractivity (Wildman–Crippen MR) is 63.1 cm³/mol. The van der Waals surface area contributed by atoms with Crippen LogP contribution >= 0.6 is 11.8 Å². The zero-order chi connectivity index (χ0) is 10.7. The molecule has 0 radical (unpaired) electrons. The number of amidine groups is 1. The maximum Gasteiger partial charge on any atom is 0.256 e. The molecule has 0 aromatic rings. The number of terminal acetylenes is 1. The number of aliphatic imine (C=N–C) groups is 2. The molecule has 1 saturated carbocycles. The third-order valence-electron chi connectivity index (χ3n) is 2.61. The van der Waals surface area contributed by atoms with Crippen LogP contribution in [0.2, 0.25) is 0 Å². The Morgan fingerprint density at radius 3 is 3.13 bits per heavy atom. The molecule has 0 saturated heterocycles. The molecule has 1 atom stereocenters. The van der Waals surface area contributed by atoms with Gasteiger partial charge in [0.15, 0.2) is 5.17 Å². The summed E-state index contributed by atoms with van der Waals surface area (Å²) < 4.78 is 0. The van der Waals surface area contributed by atoms with Crippen molar-refractivity contribution in [2.24, 2.45) is 15.9 Å². The quantitative estimate of drug-likeness (QED) is 0.633. The van der Waals surface area contributed by atoms with Crippen LogP contribution in [0.25, 0.3) is 0 Å². The first-order chi connectivity index (χ1) is 7.31. The van der Waals surface area contributed by atoms with E-state index in [1.54, 1.807) is 0 Å². The van der Waals surface area contributed by atoms with Gasteiger partial charge in [0.1, 0.15) is 0 Å². The minimum absolute atomic E-state index is 0.0285. The van der Waals surface area contributed by atoms with E-state index in [0.717, 1.165) is 31.4 Å². The van der Waals surface area contributed by atoms with Crippen molar-refractivity contribution in [2.45, 2.75) is 25.7 Å². The van der Waals surface area contributed by atoms with Gasteiger partial charge in [0, 0.05) is 5.71 Å². The summed E-state index contributed by atoms with van der Waals surface area (Å²) in [6.07, 6.45) is 9.24. The third kappa shape index (κ3) is 2.29. The molecule has 15 heavy (non-hydrogen) atoms. The van der Waals surface area contributed by atoms with Gasteiger partial charge in [0.05, 0.1) is 11.7 Å². The number of carbonyl (C=O) groups excluding carboxylic acids is 1. The van der Waals surface area contributed by atoms with Gasteiger partial charge in [-0.25, -0.2) is 4.99 Å². The lowest BCUT2D eigenvalue weighted by molar-refractivity contribution is -0.120. The monoisotopic (exact) mass is 220 g/mol. The van der Waals surface area contributed by atoms with Gasteiger partial charge in [0.25, 0.3) is 5.91 Å². The number of hydrogen-bond acceptors (Lipinski definition) is 3. The molecule has 78 valence electrons. The number of nitrogens with zero attached hydrogens (tertiary/aromatic N) is 2. The number of carbonyl (C=O) groups is 1. The molecular weight excluding hydrogens is 208 g/mol. The molecule has 0 aromatic heterocycles. The van der Waals surface area contributed by atoms with Crippen LogP contribution in [0, 0.1) is 18.3 Å². The minimum Gasteiger partial charge on any atom is -0.272 e. The van der Waals surface area contributed by atoms with E-state index in [2.05, 4.69) is 15.9 Å². The minimum atomic E-state index is -0.0334. The molecule has 0 aromatic carbocycles. The molecule has 2 rings (SSSR count). The van der Waals surface area contributed by atoms with Crippen molar-refractivity contribution in [2.75, 3.05) is 5.75 Å². The Bertz CT molecular complexity index is 379. The maximum absolute atomic E-state index is 11.7. The fraction of sp³-hybridized carbons (Fsp3) is 0.545. The van der Waals surface area contributed by atoms with Crippen LogP contribution in [0.1, 0.15) is 25.7 Å². The van der Waals surface area contributed by atoms with E-state index in [1.165, 1.54) is 11.8 Å². The molecule has 3 nitrogen and oxygen atoms in total. The number of thioether (sulfide) groups is 1. The fourth-order valence-corrected chi connectivity index (χ4v) is 2.43. The van der Waals surface area contributed by atoms with Crippen LogP contribution < -0.4 is 0 Å². The summed E-state index contributed by atoms with van der Waals surface area (Å²) in [5.41, 5.74) is 1.01. The standard InChI is InChI=1S/C11H12N2OS/c1-2-7-15-11-12-9-6-4-3-5-8(9)10(14)13-11/h1,8H,3-7H2. The number of amides is 1. The van der Waals surface area contributed by atoms with Crippen LogP contribution in [0.3, 0.4) is 0 Å². The van der Waals surface area contributed by atoms with Crippen molar-refractivity contribution in [3.8, 4) is 12.3 Å². The first kappa shape index (κ1) is 10.4. The second-order valence-corrected chi connectivity index (χ2v) is 4.57. The summed E-state index contributed by atoms with van der Waals surface area (Å²) in [6.45, 7) is 0. The number of rotatable bonds is 1. The van der Waals surface area contributed by atoms with Gasteiger partial charge >= 0.3 is 0 Å². The van der Waals surface area contributed by atoms with E-state index < -0.39 is 0 Å². The Balaban J connectivity index is 2.13. The fourth-order valence-electron chi connectivity index (χ4n) is 1.89. The topological polar surface area (TPSA) is 41.8 Å². The van der Waals surface area contributed by atoms with Crippen LogP contribution in [0.5, 0.6) is 0 Å². The Morgan fingerprint density at radius 1 is 1.47 bits per heavy atom. The zero-order valence-corrected chi connectivity index (χ0v) is 9.22. The highest BCUT2D eigenvalue weighted by Crippen LogP contribution is 2.27. The Labute approximate surface area is 93.5 Å². The van der Waals surface area contributed by atoms with Crippen LogP contribution in [-0.4, -0.2) is 22.5 Å². The number of fused-ring (bicyclic) bond motifs is 1. The molecule has 1 fully saturated rings. The van der Waals surface area contributed by atoms with Crippen molar-refractivity contribution in [3.63, 3.8) is 0 Å². The van der Waals surface area contributed by atoms with Crippen LogP contribution in [0.4, 0.5) is 0 Å². The highest BCUT2D eigenvalue weighted by atomic mass is 32.2. The van der Waals surface area contributed by atoms with E-state index in [0.29, 0.717) is 10.9 Å². The van der Waals surface area contributed by atoms with Gasteiger partial charge in [-0.1, -0.05) is 24.1 Å². The van der Waals surface area contributed by atoms with Gasteiger partial charge in [-0.05, 0) is 19.3 Å². The molecule has 2 aliphatic rings. The van der Waals surface area contributed by atoms with Gasteiger partial charge < -0.3 is 0 Å². The summed E-state index contributed by atoms with van der Waals surface area (Å²) in [7, 11) is 0. The van der Waals surface area contributed by atoms with E-state index in [-0.39, 0.29) is 11.8 Å². The van der Waals surface area contributed by atoms with Gasteiger partial charge in [-0.15, -0.1) is 6.42 Å². The SMILES string of the molecule is C#CCSC1=NC(=O)C2CCCCC2=N1. The first-order valence-electron chi connectivity index (χ1n) is 5.07. The largest absolute Gasteiger partial charge is 0.272 e. The average Bonchev–Trinajstić information content (AvgIpc) is 2.26. The lowest BCUT2D eigenvalue weighted by Gasteiger charge is -2.24. The molecule has 0 N–H and O–H groups in total. The van der Waals surface area contributed by atoms with Crippen molar-refractivity contribution < 1.29 is 4.79 Å². The third-order valence-corrected chi connectivity index (χ3v) is 3.36. The molecule has 0 bridgehead atoms. The smallest absolute Gasteiger partial charge is 0.256 e. The Morgan fingerprint density at radius 2 is 2.33 bits per heavy atom. The highest BCUT2D eigenvalue weighted by molar-refractivity contribution is 8.14. The van der Waals surface area contributed by atoms with Crippen molar-refractivity contribution in [1.29, 1.82) is 0 Å². The zero-order valence-electron chi connectivity index (χ0n) is 8.40. The first-order valence-corrected chi connectivity index (χ1v) is 6.06. The van der Waals surface area contributed by atoms with E-state index in [1.807, 2.05) is 0 Å². The number of hydrogen-bond donors (Lipinski definition) is 0. The summed E-state index contributed by atoms with van der Waals surface area (Å²) in [4.78, 5) is 20.0. The summed E-state index contributed by atoms with van der Waals surface area (Å²) in [5, 5.41) is 0.547.